The van der Waals surface area contributed by atoms with Crippen LogP contribution in [0, 0.1) is 0 Å². The number of carbonyl (C=O) groups excluding carboxylic acids is 2. The first kappa shape index (κ1) is 34.2. The number of halogens is 1. The SMILES string of the molecule is CC(=O)Nc1cccc2c(S(=O)(=O)Cl)cccc12.CC(=O)Nc1cccc2c(S(=O)(=O)NC3COC3)cccc12.NC1COC1. The molecule has 2 aliphatic heterocycles. The molecular weight excluding hydrogens is 644 g/mol. The van der Waals surface area contributed by atoms with Crippen LogP contribution in [0.1, 0.15) is 13.8 Å². The molecule has 0 atom stereocenters. The van der Waals surface area contributed by atoms with E-state index in [1.807, 2.05) is 0 Å². The van der Waals surface area contributed by atoms with Crippen molar-refractivity contribution in [3.05, 3.63) is 72.8 Å². The first-order chi connectivity index (χ1) is 21.3. The number of carbonyl (C=O) groups is 2. The minimum absolute atomic E-state index is 0.0360. The van der Waals surface area contributed by atoms with Gasteiger partial charge in [-0.3, -0.25) is 9.59 Å². The number of rotatable bonds is 6. The highest BCUT2D eigenvalue weighted by atomic mass is 35.7. The summed E-state index contributed by atoms with van der Waals surface area (Å²) in [5.41, 5.74) is 6.40. The van der Waals surface area contributed by atoms with Gasteiger partial charge in [0.1, 0.15) is 0 Å². The van der Waals surface area contributed by atoms with E-state index < -0.39 is 19.1 Å². The van der Waals surface area contributed by atoms with Crippen LogP contribution in [0.4, 0.5) is 11.4 Å². The Kier molecular flexibility index (Phi) is 11.1. The maximum atomic E-state index is 12.5. The molecule has 15 heteroatoms. The van der Waals surface area contributed by atoms with E-state index in [0.29, 0.717) is 52.2 Å². The second kappa shape index (κ2) is 14.6. The zero-order chi connectivity index (χ0) is 32.8. The minimum atomic E-state index is -3.82. The highest BCUT2D eigenvalue weighted by Crippen LogP contribution is 2.31. The summed E-state index contributed by atoms with van der Waals surface area (Å²) >= 11 is 0. The molecule has 2 aliphatic rings. The van der Waals surface area contributed by atoms with Gasteiger partial charge in [-0.25, -0.2) is 21.6 Å². The van der Waals surface area contributed by atoms with Gasteiger partial charge in [0.05, 0.1) is 48.3 Å². The smallest absolute Gasteiger partial charge is 0.261 e. The second-order valence-electron chi connectivity index (χ2n) is 10.3. The van der Waals surface area contributed by atoms with Crippen LogP contribution in [0.5, 0.6) is 0 Å². The number of nitrogens with one attached hydrogen (secondary N) is 3. The average Bonchev–Trinajstić information content (AvgIpc) is 2.93. The maximum absolute atomic E-state index is 12.5. The molecule has 12 nitrogen and oxygen atoms in total. The predicted octanol–water partition coefficient (Wildman–Crippen LogP) is 3.54. The van der Waals surface area contributed by atoms with Crippen molar-refractivity contribution >= 4 is 74.5 Å². The fourth-order valence-electron chi connectivity index (χ4n) is 4.45. The molecule has 0 aromatic heterocycles. The summed E-state index contributed by atoms with van der Waals surface area (Å²) in [6.07, 6.45) is 0. The van der Waals surface area contributed by atoms with E-state index in [4.69, 9.17) is 25.9 Å². The third kappa shape index (κ3) is 8.98. The zero-order valence-electron chi connectivity index (χ0n) is 24.4. The van der Waals surface area contributed by atoms with Crippen molar-refractivity contribution in [3.63, 3.8) is 0 Å². The molecule has 2 saturated heterocycles. The summed E-state index contributed by atoms with van der Waals surface area (Å²) in [4.78, 5) is 22.6. The van der Waals surface area contributed by atoms with Crippen molar-refractivity contribution < 1.29 is 35.9 Å². The molecule has 45 heavy (non-hydrogen) atoms. The highest BCUT2D eigenvalue weighted by Gasteiger charge is 2.27. The topological polar surface area (TPSA) is 183 Å². The summed E-state index contributed by atoms with van der Waals surface area (Å²) < 4.78 is 60.3. The first-order valence-electron chi connectivity index (χ1n) is 13.7. The Morgan fingerprint density at radius 1 is 0.689 bits per heavy atom. The quantitative estimate of drug-likeness (QED) is 0.222. The summed E-state index contributed by atoms with van der Waals surface area (Å²) in [7, 11) is -2.07. The van der Waals surface area contributed by atoms with Gasteiger partial charge in [0.25, 0.3) is 9.05 Å². The maximum Gasteiger partial charge on any atom is 0.261 e. The normalized spacial score (nSPS) is 15.0. The Morgan fingerprint density at radius 3 is 1.47 bits per heavy atom. The van der Waals surface area contributed by atoms with E-state index in [2.05, 4.69) is 15.4 Å². The Bertz CT molecular complexity index is 1930. The summed E-state index contributed by atoms with van der Waals surface area (Å²) in [6, 6.07) is 20.1. The molecule has 0 radical (unpaired) electrons. The highest BCUT2D eigenvalue weighted by molar-refractivity contribution is 8.14. The Balaban J connectivity index is 0.000000180. The molecule has 0 aliphatic carbocycles. The summed E-state index contributed by atoms with van der Waals surface area (Å²) in [5, 5.41) is 7.74. The molecule has 0 bridgehead atoms. The average molecular weight is 677 g/mol. The summed E-state index contributed by atoms with van der Waals surface area (Å²) in [6.45, 7) is 5.11. The third-order valence-electron chi connectivity index (χ3n) is 6.56. The number of sulfonamides is 1. The van der Waals surface area contributed by atoms with Crippen molar-refractivity contribution in [2.45, 2.75) is 35.7 Å². The number of nitrogens with two attached hydrogens (primary N) is 1. The van der Waals surface area contributed by atoms with Crippen LogP contribution in [-0.4, -0.2) is 67.2 Å². The lowest BCUT2D eigenvalue weighted by Crippen LogP contribution is -2.48. The molecule has 0 spiro atoms. The van der Waals surface area contributed by atoms with E-state index >= 15 is 0 Å². The van der Waals surface area contributed by atoms with E-state index in [9.17, 15) is 26.4 Å². The Hall–Kier alpha value is -3.63. The fourth-order valence-corrected chi connectivity index (χ4v) is 6.96. The molecule has 4 aromatic carbocycles. The fraction of sp³-hybridized carbons (Fsp3) is 0.267. The van der Waals surface area contributed by atoms with Crippen LogP contribution in [-0.2, 0) is 38.1 Å². The Morgan fingerprint density at radius 2 is 1.09 bits per heavy atom. The van der Waals surface area contributed by atoms with Gasteiger partial charge in [0.15, 0.2) is 0 Å². The molecular formula is C30H33ClN4O8S2. The van der Waals surface area contributed by atoms with Crippen LogP contribution in [0.2, 0.25) is 0 Å². The molecule has 0 saturated carbocycles. The summed E-state index contributed by atoms with van der Waals surface area (Å²) in [5.74, 6) is -0.424. The largest absolute Gasteiger partial charge is 0.378 e. The number of benzene rings is 4. The van der Waals surface area contributed by atoms with Crippen LogP contribution in [0.3, 0.4) is 0 Å². The van der Waals surface area contributed by atoms with E-state index in [1.54, 1.807) is 66.7 Å². The third-order valence-corrected chi connectivity index (χ3v) is 9.52. The second-order valence-corrected chi connectivity index (χ2v) is 14.5. The first-order valence-corrected chi connectivity index (χ1v) is 17.5. The van der Waals surface area contributed by atoms with Gasteiger partial charge in [-0.15, -0.1) is 0 Å². The van der Waals surface area contributed by atoms with Crippen molar-refractivity contribution in [3.8, 4) is 0 Å². The number of fused-ring (bicyclic) bond motifs is 2. The molecule has 2 amide bonds. The van der Waals surface area contributed by atoms with Crippen molar-refractivity contribution in [1.82, 2.24) is 4.72 Å². The van der Waals surface area contributed by atoms with E-state index in [1.165, 1.54) is 19.9 Å². The van der Waals surface area contributed by atoms with Crippen LogP contribution in [0.25, 0.3) is 21.5 Å². The van der Waals surface area contributed by atoms with Crippen molar-refractivity contribution in [2.24, 2.45) is 5.73 Å². The van der Waals surface area contributed by atoms with Gasteiger partial charge in [0, 0.05) is 57.4 Å². The number of ether oxygens (including phenoxy) is 2. The number of hydrogen-bond donors (Lipinski definition) is 4. The zero-order valence-corrected chi connectivity index (χ0v) is 26.8. The number of anilines is 2. The van der Waals surface area contributed by atoms with Gasteiger partial charge in [-0.1, -0.05) is 48.5 Å². The monoisotopic (exact) mass is 676 g/mol. The molecule has 0 unspecified atom stereocenters. The van der Waals surface area contributed by atoms with Crippen molar-refractivity contribution in [1.29, 1.82) is 0 Å². The van der Waals surface area contributed by atoms with Gasteiger partial charge in [-0.05, 0) is 24.3 Å². The molecule has 5 N–H and O–H groups in total. The van der Waals surface area contributed by atoms with Gasteiger partial charge < -0.3 is 25.8 Å². The molecule has 2 heterocycles. The van der Waals surface area contributed by atoms with Gasteiger partial charge >= 0.3 is 0 Å². The lowest BCUT2D eigenvalue weighted by Gasteiger charge is -2.26. The van der Waals surface area contributed by atoms with Crippen LogP contribution >= 0.6 is 10.7 Å². The molecule has 4 aromatic rings. The number of hydrogen-bond acceptors (Lipinski definition) is 9. The van der Waals surface area contributed by atoms with Gasteiger partial charge in [-0.2, -0.15) is 0 Å². The lowest BCUT2D eigenvalue weighted by atomic mass is 10.1. The predicted molar refractivity (Wildman–Crippen MR) is 173 cm³/mol. The van der Waals surface area contributed by atoms with Crippen molar-refractivity contribution in [2.75, 3.05) is 37.1 Å². The standard InChI is InChI=1S/C15H16N2O4S.C12H10ClNO3S.C3H7NO/c1-10(18)16-14-6-2-5-13-12(14)4-3-7-15(13)22(19,20)17-11-8-21-9-11;1-8(15)14-11-6-2-5-10-9(11)4-3-7-12(10)18(13,16)17;4-3-1-5-2-3/h2-7,11,17H,8-9H2,1H3,(H,16,18);2-7H,1H3,(H,14,15);3H,1-2,4H2. The Labute approximate surface area is 265 Å². The lowest BCUT2D eigenvalue weighted by molar-refractivity contribution is -0.115. The van der Waals surface area contributed by atoms with Crippen LogP contribution in [0.15, 0.2) is 82.6 Å². The van der Waals surface area contributed by atoms with Gasteiger partial charge in [0.2, 0.25) is 21.8 Å². The van der Waals surface area contributed by atoms with E-state index in [-0.39, 0.29) is 27.6 Å². The van der Waals surface area contributed by atoms with E-state index in [0.717, 1.165) is 13.2 Å². The number of amides is 2. The molecule has 2 fully saturated rings. The minimum Gasteiger partial charge on any atom is -0.378 e. The molecule has 240 valence electrons. The van der Waals surface area contributed by atoms with Crippen LogP contribution < -0.4 is 21.1 Å². The molecule has 6 rings (SSSR count).